The molecular formula is C18H32O5. The van der Waals surface area contributed by atoms with Crippen molar-refractivity contribution in [2.75, 3.05) is 6.61 Å². The fourth-order valence-corrected chi connectivity index (χ4v) is 2.72. The second-order valence-electron chi connectivity index (χ2n) is 6.60. The molecule has 0 aromatic carbocycles. The molecule has 0 unspecified atom stereocenters. The first-order chi connectivity index (χ1) is 10.9. The van der Waals surface area contributed by atoms with E-state index in [2.05, 4.69) is 18.8 Å². The van der Waals surface area contributed by atoms with Crippen LogP contribution in [0.15, 0.2) is 0 Å². The van der Waals surface area contributed by atoms with Gasteiger partial charge in [0.25, 0.3) is 0 Å². The number of aliphatic hydroxyl groups is 3. The standard InChI is InChI=1S/C18H32O5/c1-4-5-6-7-8-9-10-11-12-14(20)16-17(15(21)13-19)23-18(2,3)22-16/h14-17,19-21H,4-10,13H2,1-3H3/t14-,15+,16-,17+/m0/s1. The highest BCUT2D eigenvalue weighted by Gasteiger charge is 2.47. The van der Waals surface area contributed by atoms with Crippen molar-refractivity contribution < 1.29 is 24.8 Å². The van der Waals surface area contributed by atoms with Crippen LogP contribution in [0.1, 0.15) is 65.7 Å². The lowest BCUT2D eigenvalue weighted by atomic mass is 10.0. The van der Waals surface area contributed by atoms with E-state index in [9.17, 15) is 10.2 Å². The third kappa shape index (κ3) is 7.19. The summed E-state index contributed by atoms with van der Waals surface area (Å²) in [5.41, 5.74) is 0. The van der Waals surface area contributed by atoms with Crippen LogP contribution in [-0.2, 0) is 9.47 Å². The lowest BCUT2D eigenvalue weighted by Crippen LogP contribution is -2.43. The number of aliphatic hydroxyl groups excluding tert-OH is 3. The van der Waals surface area contributed by atoms with Gasteiger partial charge in [-0.3, -0.25) is 0 Å². The SMILES string of the molecule is CCCCCCCCC#C[C@H](O)[C@@H]1OC(C)(C)O[C@@H]1[C@H](O)CO. The van der Waals surface area contributed by atoms with E-state index in [1.54, 1.807) is 13.8 Å². The lowest BCUT2D eigenvalue weighted by molar-refractivity contribution is -0.160. The first kappa shape index (κ1) is 20.4. The fraction of sp³-hybridized carbons (Fsp3) is 0.889. The molecule has 1 aliphatic heterocycles. The van der Waals surface area contributed by atoms with Crippen molar-refractivity contribution in [3.63, 3.8) is 0 Å². The van der Waals surface area contributed by atoms with Gasteiger partial charge in [0, 0.05) is 6.42 Å². The molecule has 0 amide bonds. The van der Waals surface area contributed by atoms with Crippen LogP contribution in [0.5, 0.6) is 0 Å². The number of hydrogen-bond donors (Lipinski definition) is 3. The first-order valence-electron chi connectivity index (χ1n) is 8.72. The van der Waals surface area contributed by atoms with Crippen LogP contribution in [0.3, 0.4) is 0 Å². The molecule has 23 heavy (non-hydrogen) atoms. The Hall–Kier alpha value is -0.640. The second-order valence-corrected chi connectivity index (χ2v) is 6.60. The number of ether oxygens (including phenoxy) is 2. The molecule has 3 N–H and O–H groups in total. The summed E-state index contributed by atoms with van der Waals surface area (Å²) in [6.07, 6.45) is 4.28. The van der Waals surface area contributed by atoms with Gasteiger partial charge in [-0.1, -0.05) is 44.9 Å². The topological polar surface area (TPSA) is 79.2 Å². The molecule has 5 heteroatoms. The molecule has 0 spiro atoms. The average Bonchev–Trinajstić information content (AvgIpc) is 2.85. The summed E-state index contributed by atoms with van der Waals surface area (Å²) in [6.45, 7) is 5.17. The summed E-state index contributed by atoms with van der Waals surface area (Å²) >= 11 is 0. The summed E-state index contributed by atoms with van der Waals surface area (Å²) < 4.78 is 11.2. The van der Waals surface area contributed by atoms with Crippen molar-refractivity contribution in [1.82, 2.24) is 0 Å². The Labute approximate surface area is 140 Å². The molecule has 1 saturated heterocycles. The molecule has 0 saturated carbocycles. The Bertz CT molecular complexity index is 385. The van der Waals surface area contributed by atoms with E-state index in [1.165, 1.54) is 25.7 Å². The van der Waals surface area contributed by atoms with E-state index in [4.69, 9.17) is 14.6 Å². The number of hydrogen-bond acceptors (Lipinski definition) is 5. The van der Waals surface area contributed by atoms with E-state index >= 15 is 0 Å². The number of rotatable bonds is 9. The smallest absolute Gasteiger partial charge is 0.164 e. The highest BCUT2D eigenvalue weighted by atomic mass is 16.8. The van der Waals surface area contributed by atoms with Crippen molar-refractivity contribution >= 4 is 0 Å². The molecule has 1 heterocycles. The highest BCUT2D eigenvalue weighted by molar-refractivity contribution is 5.10. The van der Waals surface area contributed by atoms with Gasteiger partial charge in [0.05, 0.1) is 6.61 Å². The van der Waals surface area contributed by atoms with E-state index in [1.807, 2.05) is 0 Å². The zero-order chi connectivity index (χ0) is 17.3. The Morgan fingerprint density at radius 1 is 1.00 bits per heavy atom. The van der Waals surface area contributed by atoms with Crippen LogP contribution < -0.4 is 0 Å². The minimum atomic E-state index is -1.10. The Morgan fingerprint density at radius 2 is 1.61 bits per heavy atom. The maximum absolute atomic E-state index is 10.2. The van der Waals surface area contributed by atoms with Gasteiger partial charge in [0.15, 0.2) is 5.79 Å². The first-order valence-corrected chi connectivity index (χ1v) is 8.72. The molecule has 5 nitrogen and oxygen atoms in total. The van der Waals surface area contributed by atoms with Crippen molar-refractivity contribution in [2.24, 2.45) is 0 Å². The van der Waals surface area contributed by atoms with E-state index in [-0.39, 0.29) is 0 Å². The summed E-state index contributed by atoms with van der Waals surface area (Å²) in [5.74, 6) is 4.85. The summed E-state index contributed by atoms with van der Waals surface area (Å²) in [7, 11) is 0. The second kappa shape index (κ2) is 10.3. The van der Waals surface area contributed by atoms with Gasteiger partial charge in [-0.15, -0.1) is 5.92 Å². The van der Waals surface area contributed by atoms with Gasteiger partial charge in [-0.25, -0.2) is 0 Å². The largest absolute Gasteiger partial charge is 0.394 e. The summed E-state index contributed by atoms with van der Waals surface area (Å²) in [6, 6.07) is 0. The van der Waals surface area contributed by atoms with Crippen LogP contribution in [0, 0.1) is 11.8 Å². The zero-order valence-electron chi connectivity index (χ0n) is 14.6. The summed E-state index contributed by atoms with van der Waals surface area (Å²) in [5, 5.41) is 29.1. The fourth-order valence-electron chi connectivity index (χ4n) is 2.72. The molecule has 1 aliphatic rings. The van der Waals surface area contributed by atoms with E-state index < -0.39 is 36.8 Å². The highest BCUT2D eigenvalue weighted by Crippen LogP contribution is 2.31. The van der Waals surface area contributed by atoms with Crippen molar-refractivity contribution in [3.8, 4) is 11.8 Å². The van der Waals surface area contributed by atoms with Crippen LogP contribution in [0.25, 0.3) is 0 Å². The van der Waals surface area contributed by atoms with Crippen molar-refractivity contribution in [3.05, 3.63) is 0 Å². The Kier molecular flexibility index (Phi) is 9.11. The number of unbranched alkanes of at least 4 members (excludes halogenated alkanes) is 6. The van der Waals surface area contributed by atoms with Gasteiger partial charge in [0.1, 0.15) is 24.4 Å². The molecule has 0 aromatic heterocycles. The molecule has 134 valence electrons. The molecule has 0 aromatic rings. The van der Waals surface area contributed by atoms with Gasteiger partial charge < -0.3 is 24.8 Å². The van der Waals surface area contributed by atoms with Gasteiger partial charge >= 0.3 is 0 Å². The van der Waals surface area contributed by atoms with Gasteiger partial charge in [-0.05, 0) is 20.3 Å². The normalized spacial score (nSPS) is 25.7. The van der Waals surface area contributed by atoms with Crippen LogP contribution in [0.4, 0.5) is 0 Å². The Morgan fingerprint density at radius 3 is 2.26 bits per heavy atom. The predicted molar refractivity (Wildman–Crippen MR) is 88.7 cm³/mol. The average molecular weight is 328 g/mol. The molecular weight excluding hydrogens is 296 g/mol. The Balaban J connectivity index is 2.40. The van der Waals surface area contributed by atoms with Crippen molar-refractivity contribution in [2.45, 2.75) is 95.9 Å². The maximum atomic E-state index is 10.2. The third-order valence-electron chi connectivity index (χ3n) is 3.95. The van der Waals surface area contributed by atoms with Gasteiger partial charge in [-0.2, -0.15) is 0 Å². The molecule has 1 fully saturated rings. The monoisotopic (exact) mass is 328 g/mol. The molecule has 0 radical (unpaired) electrons. The third-order valence-corrected chi connectivity index (χ3v) is 3.95. The maximum Gasteiger partial charge on any atom is 0.164 e. The zero-order valence-corrected chi connectivity index (χ0v) is 14.6. The van der Waals surface area contributed by atoms with Crippen molar-refractivity contribution in [1.29, 1.82) is 0 Å². The molecule has 0 aliphatic carbocycles. The molecule has 0 bridgehead atoms. The molecule has 1 rings (SSSR count). The van der Waals surface area contributed by atoms with Crippen LogP contribution in [-0.4, -0.2) is 52.1 Å². The minimum Gasteiger partial charge on any atom is -0.394 e. The van der Waals surface area contributed by atoms with Crippen LogP contribution >= 0.6 is 0 Å². The quantitative estimate of drug-likeness (QED) is 0.445. The van der Waals surface area contributed by atoms with E-state index in [0.29, 0.717) is 0 Å². The summed E-state index contributed by atoms with van der Waals surface area (Å²) in [4.78, 5) is 0. The molecule has 4 atom stereocenters. The lowest BCUT2D eigenvalue weighted by Gasteiger charge is -2.21. The van der Waals surface area contributed by atoms with Crippen LogP contribution in [0.2, 0.25) is 0 Å². The van der Waals surface area contributed by atoms with E-state index in [0.717, 1.165) is 19.3 Å². The van der Waals surface area contributed by atoms with Gasteiger partial charge in [0.2, 0.25) is 0 Å². The minimum absolute atomic E-state index is 0.446. The predicted octanol–water partition coefficient (Wildman–Crippen LogP) is 1.97.